The topological polar surface area (TPSA) is 62.4 Å². The van der Waals surface area contributed by atoms with Crippen molar-refractivity contribution in [1.29, 1.82) is 0 Å². The summed E-state index contributed by atoms with van der Waals surface area (Å²) in [4.78, 5) is 12.1. The van der Waals surface area contributed by atoms with Crippen LogP contribution in [0, 0.1) is 5.92 Å². The molecule has 0 saturated heterocycles. The predicted molar refractivity (Wildman–Crippen MR) is 85.6 cm³/mol. The number of nitrogens with one attached hydrogen (secondary N) is 3. The SMILES string of the molecule is CC(C)CCOCCNC(=O)C1CNc2ccccc2N1. The number of rotatable bonds is 7. The number of hydrogen-bond donors (Lipinski definition) is 3. The van der Waals surface area contributed by atoms with E-state index in [2.05, 4.69) is 29.8 Å². The number of amides is 1. The van der Waals surface area contributed by atoms with Crippen molar-refractivity contribution in [2.45, 2.75) is 26.3 Å². The van der Waals surface area contributed by atoms with Gasteiger partial charge in [-0.15, -0.1) is 0 Å². The summed E-state index contributed by atoms with van der Waals surface area (Å²) in [5.41, 5.74) is 2.01. The number of ether oxygens (including phenoxy) is 1. The summed E-state index contributed by atoms with van der Waals surface area (Å²) < 4.78 is 5.49. The molecule has 3 N–H and O–H groups in total. The molecular weight excluding hydrogens is 266 g/mol. The van der Waals surface area contributed by atoms with E-state index in [0.717, 1.165) is 24.4 Å². The molecule has 116 valence electrons. The zero-order chi connectivity index (χ0) is 15.1. The molecule has 1 unspecified atom stereocenters. The fourth-order valence-corrected chi connectivity index (χ4v) is 2.16. The molecule has 2 rings (SSSR count). The van der Waals surface area contributed by atoms with Crippen LogP contribution in [0.3, 0.4) is 0 Å². The molecule has 5 heteroatoms. The first-order chi connectivity index (χ1) is 10.2. The lowest BCUT2D eigenvalue weighted by molar-refractivity contribution is -0.121. The number of anilines is 2. The second-order valence-corrected chi connectivity index (χ2v) is 5.71. The lowest BCUT2D eigenvalue weighted by Gasteiger charge is -2.27. The van der Waals surface area contributed by atoms with Crippen molar-refractivity contribution in [2.75, 3.05) is 36.9 Å². The zero-order valence-electron chi connectivity index (χ0n) is 12.8. The molecule has 1 aliphatic rings. The highest BCUT2D eigenvalue weighted by Gasteiger charge is 2.22. The van der Waals surface area contributed by atoms with E-state index in [-0.39, 0.29) is 11.9 Å². The Bertz CT molecular complexity index is 463. The number of hydrogen-bond acceptors (Lipinski definition) is 4. The normalized spacial score (nSPS) is 16.8. The van der Waals surface area contributed by atoms with Gasteiger partial charge in [-0.25, -0.2) is 0 Å². The molecule has 1 amide bonds. The van der Waals surface area contributed by atoms with Gasteiger partial charge in [0.1, 0.15) is 6.04 Å². The van der Waals surface area contributed by atoms with Crippen molar-refractivity contribution in [3.8, 4) is 0 Å². The van der Waals surface area contributed by atoms with Gasteiger partial charge in [-0.1, -0.05) is 26.0 Å². The minimum Gasteiger partial charge on any atom is -0.381 e. The Morgan fingerprint density at radius 2 is 2.10 bits per heavy atom. The molecule has 0 aliphatic carbocycles. The van der Waals surface area contributed by atoms with Gasteiger partial charge in [0.2, 0.25) is 5.91 Å². The van der Waals surface area contributed by atoms with Crippen LogP contribution in [0.25, 0.3) is 0 Å². The Morgan fingerprint density at radius 3 is 2.86 bits per heavy atom. The average Bonchev–Trinajstić information content (AvgIpc) is 2.49. The maximum Gasteiger partial charge on any atom is 0.244 e. The lowest BCUT2D eigenvalue weighted by Crippen LogP contribution is -2.46. The van der Waals surface area contributed by atoms with E-state index in [1.807, 2.05) is 24.3 Å². The van der Waals surface area contributed by atoms with E-state index in [4.69, 9.17) is 4.74 Å². The highest BCUT2D eigenvalue weighted by molar-refractivity contribution is 5.88. The van der Waals surface area contributed by atoms with E-state index < -0.39 is 0 Å². The summed E-state index contributed by atoms with van der Waals surface area (Å²) >= 11 is 0. The Balaban J connectivity index is 1.66. The third-order valence-corrected chi connectivity index (χ3v) is 3.46. The van der Waals surface area contributed by atoms with Crippen molar-refractivity contribution in [1.82, 2.24) is 5.32 Å². The second-order valence-electron chi connectivity index (χ2n) is 5.71. The highest BCUT2D eigenvalue weighted by atomic mass is 16.5. The molecule has 1 aromatic carbocycles. The van der Waals surface area contributed by atoms with Gasteiger partial charge < -0.3 is 20.7 Å². The van der Waals surface area contributed by atoms with Crippen LogP contribution in [-0.4, -0.2) is 38.3 Å². The zero-order valence-corrected chi connectivity index (χ0v) is 12.8. The number of carbonyl (C=O) groups is 1. The van der Waals surface area contributed by atoms with E-state index in [0.29, 0.717) is 25.6 Å². The monoisotopic (exact) mass is 291 g/mol. The van der Waals surface area contributed by atoms with Crippen LogP contribution < -0.4 is 16.0 Å². The highest BCUT2D eigenvalue weighted by Crippen LogP contribution is 2.24. The Morgan fingerprint density at radius 1 is 1.33 bits per heavy atom. The first-order valence-corrected chi connectivity index (χ1v) is 7.61. The molecule has 0 saturated carbocycles. The summed E-state index contributed by atoms with van der Waals surface area (Å²) in [5.74, 6) is 0.654. The lowest BCUT2D eigenvalue weighted by atomic mass is 10.1. The molecule has 1 atom stereocenters. The van der Waals surface area contributed by atoms with E-state index in [1.165, 1.54) is 0 Å². The second kappa shape index (κ2) is 7.88. The molecular formula is C16H25N3O2. The summed E-state index contributed by atoms with van der Waals surface area (Å²) in [6.45, 7) is 6.81. The van der Waals surface area contributed by atoms with Crippen LogP contribution in [-0.2, 0) is 9.53 Å². The number of fused-ring (bicyclic) bond motifs is 1. The minimum atomic E-state index is -0.240. The van der Waals surface area contributed by atoms with Crippen LogP contribution in [0.1, 0.15) is 20.3 Å². The smallest absolute Gasteiger partial charge is 0.244 e. The standard InChI is InChI=1S/C16H25N3O2/c1-12(2)7-9-21-10-8-17-16(20)15-11-18-13-5-3-4-6-14(13)19-15/h3-6,12,15,18-19H,7-11H2,1-2H3,(H,17,20). The number of para-hydroxylation sites is 2. The Kier molecular flexibility index (Phi) is 5.87. The molecule has 1 heterocycles. The van der Waals surface area contributed by atoms with Gasteiger partial charge in [0.25, 0.3) is 0 Å². The number of benzene rings is 1. The van der Waals surface area contributed by atoms with Gasteiger partial charge in [-0.3, -0.25) is 4.79 Å². The Hall–Kier alpha value is -1.75. The van der Waals surface area contributed by atoms with Crippen LogP contribution in [0.4, 0.5) is 11.4 Å². The van der Waals surface area contributed by atoms with Gasteiger partial charge in [0, 0.05) is 19.7 Å². The minimum absolute atomic E-state index is 0.00413. The Labute approximate surface area is 126 Å². The average molecular weight is 291 g/mol. The van der Waals surface area contributed by atoms with Crippen molar-refractivity contribution < 1.29 is 9.53 Å². The molecule has 0 radical (unpaired) electrons. The molecule has 0 bridgehead atoms. The molecule has 5 nitrogen and oxygen atoms in total. The third kappa shape index (κ3) is 4.93. The predicted octanol–water partition coefficient (Wildman–Crippen LogP) is 2.07. The molecule has 0 fully saturated rings. The summed E-state index contributed by atoms with van der Waals surface area (Å²) in [6, 6.07) is 7.66. The first-order valence-electron chi connectivity index (χ1n) is 7.61. The molecule has 1 aromatic rings. The van der Waals surface area contributed by atoms with Crippen LogP contribution in [0.2, 0.25) is 0 Å². The van der Waals surface area contributed by atoms with Gasteiger partial charge in [-0.2, -0.15) is 0 Å². The summed E-state index contributed by atoms with van der Waals surface area (Å²) in [6.07, 6.45) is 1.05. The maximum absolute atomic E-state index is 12.1. The van der Waals surface area contributed by atoms with Crippen LogP contribution >= 0.6 is 0 Å². The fourth-order valence-electron chi connectivity index (χ4n) is 2.16. The largest absolute Gasteiger partial charge is 0.381 e. The van der Waals surface area contributed by atoms with Crippen molar-refractivity contribution >= 4 is 17.3 Å². The quantitative estimate of drug-likeness (QED) is 0.673. The molecule has 0 aromatic heterocycles. The van der Waals surface area contributed by atoms with Gasteiger partial charge in [0.05, 0.1) is 18.0 Å². The first kappa shape index (κ1) is 15.6. The van der Waals surface area contributed by atoms with Crippen LogP contribution in [0.5, 0.6) is 0 Å². The van der Waals surface area contributed by atoms with Gasteiger partial charge in [-0.05, 0) is 24.5 Å². The molecule has 1 aliphatic heterocycles. The van der Waals surface area contributed by atoms with E-state index in [1.54, 1.807) is 0 Å². The third-order valence-electron chi connectivity index (χ3n) is 3.46. The number of carbonyl (C=O) groups excluding carboxylic acids is 1. The van der Waals surface area contributed by atoms with Crippen molar-refractivity contribution in [3.05, 3.63) is 24.3 Å². The van der Waals surface area contributed by atoms with Gasteiger partial charge in [0.15, 0.2) is 0 Å². The summed E-state index contributed by atoms with van der Waals surface area (Å²) in [7, 11) is 0. The van der Waals surface area contributed by atoms with Gasteiger partial charge >= 0.3 is 0 Å². The van der Waals surface area contributed by atoms with E-state index in [9.17, 15) is 4.79 Å². The molecule has 21 heavy (non-hydrogen) atoms. The maximum atomic E-state index is 12.1. The van der Waals surface area contributed by atoms with Crippen molar-refractivity contribution in [3.63, 3.8) is 0 Å². The van der Waals surface area contributed by atoms with Crippen LogP contribution in [0.15, 0.2) is 24.3 Å². The molecule has 0 spiro atoms. The van der Waals surface area contributed by atoms with Crippen molar-refractivity contribution in [2.24, 2.45) is 5.92 Å². The fraction of sp³-hybridized carbons (Fsp3) is 0.562. The summed E-state index contributed by atoms with van der Waals surface area (Å²) in [5, 5.41) is 9.42. The van der Waals surface area contributed by atoms with E-state index >= 15 is 0 Å².